The molecule has 0 radical (unpaired) electrons. The maximum Gasteiger partial charge on any atom is 0.124 e. The normalized spacial score (nSPS) is 10.0. The third kappa shape index (κ3) is 2.58. The molecule has 0 saturated carbocycles. The van der Waals surface area contributed by atoms with Gasteiger partial charge in [-0.2, -0.15) is 5.26 Å². The average molecular weight is 254 g/mol. The molecule has 2 nitrogen and oxygen atoms in total. The Balaban J connectivity index is 2.55. The molecule has 0 aromatic heterocycles. The van der Waals surface area contributed by atoms with Crippen molar-refractivity contribution in [1.82, 2.24) is 0 Å². The van der Waals surface area contributed by atoms with Crippen LogP contribution >= 0.6 is 0 Å². The van der Waals surface area contributed by atoms with Crippen LogP contribution in [0.15, 0.2) is 42.5 Å². The summed E-state index contributed by atoms with van der Waals surface area (Å²) in [5.41, 5.74) is 3.25. The molecule has 0 unspecified atom stereocenters. The summed E-state index contributed by atoms with van der Waals surface area (Å²) >= 11 is 0. The van der Waals surface area contributed by atoms with Crippen LogP contribution in [-0.2, 0) is 0 Å². The molecule has 96 valence electrons. The molecular weight excluding hydrogens is 239 g/mol. The fourth-order valence-corrected chi connectivity index (χ4v) is 2.17. The van der Waals surface area contributed by atoms with E-state index in [1.54, 1.807) is 6.07 Å². The second-order valence-corrected chi connectivity index (χ2v) is 4.30. The van der Waals surface area contributed by atoms with Crippen molar-refractivity contribution >= 4 is 11.4 Å². The highest BCUT2D eigenvalue weighted by molar-refractivity contribution is 5.71. The van der Waals surface area contributed by atoms with Crippen molar-refractivity contribution in [3.8, 4) is 6.07 Å². The topological polar surface area (TPSA) is 27.0 Å². The maximum absolute atomic E-state index is 13.2. The van der Waals surface area contributed by atoms with Crippen molar-refractivity contribution in [2.24, 2.45) is 0 Å². The standard InChI is InChI=1S/C16H15FN2/c1-3-19(15-7-5-4-6-12(15)2)16-9-8-14(17)10-13(16)11-18/h4-10H,3H2,1-2H3. The molecular formula is C16H15FN2. The minimum atomic E-state index is -0.388. The van der Waals surface area contributed by atoms with Gasteiger partial charge in [0.15, 0.2) is 0 Å². The molecule has 0 aliphatic carbocycles. The number of para-hydroxylation sites is 1. The highest BCUT2D eigenvalue weighted by Gasteiger charge is 2.14. The van der Waals surface area contributed by atoms with E-state index in [2.05, 4.69) is 6.07 Å². The summed E-state index contributed by atoms with van der Waals surface area (Å²) in [4.78, 5) is 2.02. The highest BCUT2D eigenvalue weighted by Crippen LogP contribution is 2.30. The van der Waals surface area contributed by atoms with Gasteiger partial charge in [-0.15, -0.1) is 0 Å². The van der Waals surface area contributed by atoms with Gasteiger partial charge in [0.1, 0.15) is 11.9 Å². The van der Waals surface area contributed by atoms with E-state index in [0.717, 1.165) is 16.9 Å². The van der Waals surface area contributed by atoms with Gasteiger partial charge in [-0.1, -0.05) is 18.2 Å². The Kier molecular flexibility index (Phi) is 3.82. The van der Waals surface area contributed by atoms with Crippen molar-refractivity contribution in [2.75, 3.05) is 11.4 Å². The van der Waals surface area contributed by atoms with Crippen LogP contribution in [0.5, 0.6) is 0 Å². The van der Waals surface area contributed by atoms with E-state index in [9.17, 15) is 4.39 Å². The summed E-state index contributed by atoms with van der Waals surface area (Å²) < 4.78 is 13.2. The summed E-state index contributed by atoms with van der Waals surface area (Å²) in [5, 5.41) is 9.16. The second kappa shape index (κ2) is 5.53. The predicted molar refractivity (Wildman–Crippen MR) is 75.0 cm³/mol. The Hall–Kier alpha value is -2.34. The van der Waals surface area contributed by atoms with Gasteiger partial charge in [-0.05, 0) is 43.7 Å². The fourth-order valence-electron chi connectivity index (χ4n) is 2.17. The van der Waals surface area contributed by atoms with Crippen molar-refractivity contribution in [2.45, 2.75) is 13.8 Å². The predicted octanol–water partition coefficient (Wildman–Crippen LogP) is 4.16. The lowest BCUT2D eigenvalue weighted by Crippen LogP contribution is -2.18. The molecule has 0 amide bonds. The van der Waals surface area contributed by atoms with Gasteiger partial charge in [0.25, 0.3) is 0 Å². The lowest BCUT2D eigenvalue weighted by molar-refractivity contribution is 0.627. The number of halogens is 1. The summed E-state index contributed by atoms with van der Waals surface area (Å²) in [6.45, 7) is 4.75. The number of nitriles is 1. The van der Waals surface area contributed by atoms with E-state index in [-0.39, 0.29) is 5.82 Å². The van der Waals surface area contributed by atoms with Gasteiger partial charge in [0.05, 0.1) is 11.3 Å². The first-order valence-electron chi connectivity index (χ1n) is 6.20. The number of aryl methyl sites for hydroxylation is 1. The monoisotopic (exact) mass is 254 g/mol. The SMILES string of the molecule is CCN(c1ccccc1C)c1ccc(F)cc1C#N. The van der Waals surface area contributed by atoms with Gasteiger partial charge >= 0.3 is 0 Å². The zero-order chi connectivity index (χ0) is 13.8. The molecule has 0 aliphatic heterocycles. The van der Waals surface area contributed by atoms with Crippen LogP contribution in [0.2, 0.25) is 0 Å². The third-order valence-electron chi connectivity index (χ3n) is 3.09. The second-order valence-electron chi connectivity index (χ2n) is 4.30. The van der Waals surface area contributed by atoms with E-state index >= 15 is 0 Å². The van der Waals surface area contributed by atoms with E-state index in [1.807, 2.05) is 43.0 Å². The molecule has 3 heteroatoms. The molecule has 2 aromatic rings. The zero-order valence-corrected chi connectivity index (χ0v) is 11.0. The highest BCUT2D eigenvalue weighted by atomic mass is 19.1. The number of hydrogen-bond acceptors (Lipinski definition) is 2. The van der Waals surface area contributed by atoms with Crippen LogP contribution in [0, 0.1) is 24.1 Å². The van der Waals surface area contributed by atoms with Crippen molar-refractivity contribution in [3.63, 3.8) is 0 Å². The minimum absolute atomic E-state index is 0.352. The Morgan fingerprint density at radius 2 is 1.89 bits per heavy atom. The molecule has 19 heavy (non-hydrogen) atoms. The van der Waals surface area contributed by atoms with Crippen LogP contribution in [0.25, 0.3) is 0 Å². The van der Waals surface area contributed by atoms with Crippen LogP contribution in [0.1, 0.15) is 18.1 Å². The van der Waals surface area contributed by atoms with Crippen molar-refractivity contribution in [1.29, 1.82) is 5.26 Å². The van der Waals surface area contributed by atoms with Crippen LogP contribution < -0.4 is 4.90 Å². The molecule has 2 aromatic carbocycles. The lowest BCUT2D eigenvalue weighted by atomic mass is 10.1. The largest absolute Gasteiger partial charge is 0.340 e. The molecule has 0 saturated heterocycles. The third-order valence-corrected chi connectivity index (χ3v) is 3.09. The molecule has 0 fully saturated rings. The summed E-state index contributed by atoms with van der Waals surface area (Å²) in [7, 11) is 0. The molecule has 0 spiro atoms. The van der Waals surface area contributed by atoms with Crippen molar-refractivity contribution in [3.05, 3.63) is 59.4 Å². The Labute approximate surface area is 112 Å². The van der Waals surface area contributed by atoms with Gasteiger partial charge < -0.3 is 4.90 Å². The number of hydrogen-bond donors (Lipinski definition) is 0. The van der Waals surface area contributed by atoms with Crippen LogP contribution in [-0.4, -0.2) is 6.54 Å². The molecule has 0 N–H and O–H groups in total. The Morgan fingerprint density at radius 1 is 1.16 bits per heavy atom. The first kappa shape index (κ1) is 13.1. The fraction of sp³-hybridized carbons (Fsp3) is 0.188. The average Bonchev–Trinajstić information content (AvgIpc) is 2.43. The molecule has 2 rings (SSSR count). The molecule has 0 bridgehead atoms. The minimum Gasteiger partial charge on any atom is -0.340 e. The summed E-state index contributed by atoms with van der Waals surface area (Å²) in [6.07, 6.45) is 0. The summed E-state index contributed by atoms with van der Waals surface area (Å²) in [5.74, 6) is -0.388. The van der Waals surface area contributed by atoms with Gasteiger partial charge in [0, 0.05) is 12.2 Å². The van der Waals surface area contributed by atoms with Crippen LogP contribution in [0.4, 0.5) is 15.8 Å². The first-order valence-corrected chi connectivity index (χ1v) is 6.20. The van der Waals surface area contributed by atoms with Gasteiger partial charge in [-0.25, -0.2) is 4.39 Å². The maximum atomic E-state index is 13.2. The van der Waals surface area contributed by atoms with E-state index in [1.165, 1.54) is 12.1 Å². The molecule has 0 atom stereocenters. The number of benzene rings is 2. The van der Waals surface area contributed by atoms with Crippen molar-refractivity contribution < 1.29 is 4.39 Å². The quantitative estimate of drug-likeness (QED) is 0.822. The number of rotatable bonds is 3. The Bertz CT molecular complexity index is 629. The van der Waals surface area contributed by atoms with Gasteiger partial charge in [0.2, 0.25) is 0 Å². The van der Waals surface area contributed by atoms with Gasteiger partial charge in [-0.3, -0.25) is 0 Å². The Morgan fingerprint density at radius 3 is 2.53 bits per heavy atom. The lowest BCUT2D eigenvalue weighted by Gasteiger charge is -2.26. The molecule has 0 heterocycles. The molecule has 0 aliphatic rings. The first-order chi connectivity index (χ1) is 9.17. The number of nitrogens with zero attached hydrogens (tertiary/aromatic N) is 2. The number of anilines is 2. The smallest absolute Gasteiger partial charge is 0.124 e. The van der Waals surface area contributed by atoms with E-state index in [0.29, 0.717) is 12.1 Å². The van der Waals surface area contributed by atoms with E-state index < -0.39 is 0 Å². The van der Waals surface area contributed by atoms with Crippen LogP contribution in [0.3, 0.4) is 0 Å². The summed E-state index contributed by atoms with van der Waals surface area (Å²) in [6, 6.07) is 14.3. The zero-order valence-electron chi connectivity index (χ0n) is 11.0. The van der Waals surface area contributed by atoms with E-state index in [4.69, 9.17) is 5.26 Å².